The molecule has 0 atom stereocenters. The summed E-state index contributed by atoms with van der Waals surface area (Å²) in [5.74, 6) is 1.16. The van der Waals surface area contributed by atoms with Crippen molar-refractivity contribution in [2.75, 3.05) is 5.73 Å². The Labute approximate surface area is 111 Å². The van der Waals surface area contributed by atoms with Crippen molar-refractivity contribution in [3.8, 4) is 17.5 Å². The number of nitrogens with two attached hydrogens (primary N) is 1. The molecule has 0 aliphatic carbocycles. The number of nitrogen functional groups attached to an aromatic ring is 1. The lowest BCUT2D eigenvalue weighted by Gasteiger charge is -2.12. The lowest BCUT2D eigenvalue weighted by molar-refractivity contribution is 0.232. The molecular weight excluding hydrogens is 246 g/mol. The van der Waals surface area contributed by atoms with E-state index in [2.05, 4.69) is 15.1 Å². The van der Waals surface area contributed by atoms with Crippen molar-refractivity contribution in [3.63, 3.8) is 0 Å². The molecule has 2 aromatic rings. The summed E-state index contributed by atoms with van der Waals surface area (Å²) in [7, 11) is 0. The summed E-state index contributed by atoms with van der Waals surface area (Å²) in [5.41, 5.74) is 6.19. The van der Waals surface area contributed by atoms with E-state index in [1.165, 1.54) is 6.33 Å². The van der Waals surface area contributed by atoms with Gasteiger partial charge in [0.2, 0.25) is 11.8 Å². The number of aromatic nitrogens is 4. The molecule has 7 nitrogen and oxygen atoms in total. The molecule has 0 saturated carbocycles. The van der Waals surface area contributed by atoms with Crippen LogP contribution in [0.15, 0.2) is 18.7 Å². The van der Waals surface area contributed by atoms with Crippen molar-refractivity contribution in [1.29, 1.82) is 0 Å². The van der Waals surface area contributed by atoms with Crippen molar-refractivity contribution < 1.29 is 9.47 Å². The molecule has 0 radical (unpaired) electrons. The Morgan fingerprint density at radius 3 is 2.68 bits per heavy atom. The molecule has 0 unspecified atom stereocenters. The third-order valence-corrected chi connectivity index (χ3v) is 2.31. The minimum atomic E-state index is -0.0205. The molecule has 7 heteroatoms. The summed E-state index contributed by atoms with van der Waals surface area (Å²) < 4.78 is 12.8. The first kappa shape index (κ1) is 13.1. The van der Waals surface area contributed by atoms with Crippen LogP contribution in [0, 0.1) is 0 Å². The largest absolute Gasteiger partial charge is 0.473 e. The lowest BCUT2D eigenvalue weighted by Crippen LogP contribution is -2.10. The van der Waals surface area contributed by atoms with E-state index in [1.54, 1.807) is 17.1 Å². The maximum atomic E-state index is 5.92. The molecule has 0 aliphatic rings. The number of nitrogens with zero attached hydrogens (tertiary/aromatic N) is 4. The fourth-order valence-corrected chi connectivity index (χ4v) is 1.44. The van der Waals surface area contributed by atoms with Crippen LogP contribution in [0.4, 0.5) is 5.69 Å². The second-order valence-corrected chi connectivity index (χ2v) is 4.20. The van der Waals surface area contributed by atoms with Gasteiger partial charge in [0.05, 0.1) is 18.5 Å². The number of ether oxygens (including phenoxy) is 2. The normalized spacial score (nSPS) is 10.7. The van der Waals surface area contributed by atoms with Crippen LogP contribution < -0.4 is 15.2 Å². The Balaban J connectivity index is 2.20. The summed E-state index contributed by atoms with van der Waals surface area (Å²) in [6, 6.07) is 0. The molecule has 0 spiro atoms. The van der Waals surface area contributed by atoms with Crippen molar-refractivity contribution in [2.24, 2.45) is 0 Å². The highest BCUT2D eigenvalue weighted by atomic mass is 16.5. The molecule has 0 aliphatic heterocycles. The quantitative estimate of drug-likeness (QED) is 0.885. The van der Waals surface area contributed by atoms with Crippen LogP contribution in [-0.4, -0.2) is 25.9 Å². The average molecular weight is 263 g/mol. The first-order valence-corrected chi connectivity index (χ1v) is 6.07. The van der Waals surface area contributed by atoms with E-state index in [0.717, 1.165) is 6.54 Å². The smallest absolute Gasteiger partial charge is 0.250 e. The standard InChI is InChI=1S/C12H17N5O2/c1-4-17-6-9(5-16-17)19-12-10(13)11(14-7-15-12)18-8(2)3/h5-8H,4,13H2,1-3H3. The third-order valence-electron chi connectivity index (χ3n) is 2.31. The van der Waals surface area contributed by atoms with Gasteiger partial charge in [0.25, 0.3) is 0 Å². The van der Waals surface area contributed by atoms with Gasteiger partial charge in [-0.2, -0.15) is 15.1 Å². The number of aryl methyl sites for hydroxylation is 1. The molecule has 2 N–H and O–H groups in total. The van der Waals surface area contributed by atoms with E-state index in [9.17, 15) is 0 Å². The summed E-state index contributed by atoms with van der Waals surface area (Å²) in [4.78, 5) is 7.98. The second-order valence-electron chi connectivity index (χ2n) is 4.20. The highest BCUT2D eigenvalue weighted by molar-refractivity contribution is 5.56. The molecule has 19 heavy (non-hydrogen) atoms. The molecule has 2 heterocycles. The SMILES string of the molecule is CCn1cc(Oc2ncnc(OC(C)C)c2N)cn1. The fraction of sp³-hybridized carbons (Fsp3) is 0.417. The Hall–Kier alpha value is -2.31. The zero-order valence-corrected chi connectivity index (χ0v) is 11.2. The predicted molar refractivity (Wildman–Crippen MR) is 70.2 cm³/mol. The van der Waals surface area contributed by atoms with Crippen LogP contribution in [-0.2, 0) is 6.54 Å². The van der Waals surface area contributed by atoms with Crippen LogP contribution in [0.2, 0.25) is 0 Å². The molecule has 102 valence electrons. The Morgan fingerprint density at radius 2 is 2.05 bits per heavy atom. The molecule has 0 saturated heterocycles. The van der Waals surface area contributed by atoms with E-state index in [1.807, 2.05) is 20.8 Å². The number of hydrogen-bond donors (Lipinski definition) is 1. The van der Waals surface area contributed by atoms with Crippen molar-refractivity contribution >= 4 is 5.69 Å². The minimum absolute atomic E-state index is 0.0205. The summed E-state index contributed by atoms with van der Waals surface area (Å²) in [5, 5.41) is 4.11. The average Bonchev–Trinajstić information content (AvgIpc) is 2.81. The van der Waals surface area contributed by atoms with Crippen LogP contribution in [0.25, 0.3) is 0 Å². The summed E-state index contributed by atoms with van der Waals surface area (Å²) in [6.07, 6.45) is 4.71. The third kappa shape index (κ3) is 3.12. The topological polar surface area (TPSA) is 88.1 Å². The zero-order valence-electron chi connectivity index (χ0n) is 11.2. The van der Waals surface area contributed by atoms with E-state index >= 15 is 0 Å². The van der Waals surface area contributed by atoms with Gasteiger partial charge in [-0.15, -0.1) is 0 Å². The van der Waals surface area contributed by atoms with Crippen molar-refractivity contribution in [3.05, 3.63) is 18.7 Å². The van der Waals surface area contributed by atoms with Gasteiger partial charge in [0.15, 0.2) is 11.4 Å². The molecule has 0 fully saturated rings. The zero-order chi connectivity index (χ0) is 13.8. The predicted octanol–water partition coefficient (Wildman–Crippen LogP) is 1.85. The van der Waals surface area contributed by atoms with E-state index in [-0.39, 0.29) is 17.7 Å². The highest BCUT2D eigenvalue weighted by Gasteiger charge is 2.13. The van der Waals surface area contributed by atoms with Crippen LogP contribution in [0.1, 0.15) is 20.8 Å². The molecule has 2 rings (SSSR count). The van der Waals surface area contributed by atoms with Gasteiger partial charge in [0, 0.05) is 6.54 Å². The molecule has 2 aromatic heterocycles. The van der Waals surface area contributed by atoms with E-state index in [4.69, 9.17) is 15.2 Å². The first-order valence-electron chi connectivity index (χ1n) is 6.07. The Morgan fingerprint density at radius 1 is 1.32 bits per heavy atom. The van der Waals surface area contributed by atoms with Crippen LogP contribution in [0.3, 0.4) is 0 Å². The Bertz CT molecular complexity index is 553. The minimum Gasteiger partial charge on any atom is -0.473 e. The van der Waals surface area contributed by atoms with E-state index < -0.39 is 0 Å². The summed E-state index contributed by atoms with van der Waals surface area (Å²) in [6.45, 7) is 6.55. The van der Waals surface area contributed by atoms with Crippen molar-refractivity contribution in [1.82, 2.24) is 19.7 Å². The first-order chi connectivity index (χ1) is 9.10. The van der Waals surface area contributed by atoms with Gasteiger partial charge in [0.1, 0.15) is 6.33 Å². The van der Waals surface area contributed by atoms with E-state index in [0.29, 0.717) is 11.6 Å². The van der Waals surface area contributed by atoms with Gasteiger partial charge in [-0.05, 0) is 20.8 Å². The molecule has 0 bridgehead atoms. The second kappa shape index (κ2) is 5.55. The monoisotopic (exact) mass is 263 g/mol. The maximum absolute atomic E-state index is 5.92. The summed E-state index contributed by atoms with van der Waals surface area (Å²) >= 11 is 0. The maximum Gasteiger partial charge on any atom is 0.250 e. The lowest BCUT2D eigenvalue weighted by atomic mass is 10.4. The molecule has 0 aromatic carbocycles. The number of rotatable bonds is 5. The van der Waals surface area contributed by atoms with Crippen LogP contribution >= 0.6 is 0 Å². The van der Waals surface area contributed by atoms with Gasteiger partial charge >= 0.3 is 0 Å². The van der Waals surface area contributed by atoms with Gasteiger partial charge in [-0.25, -0.2) is 0 Å². The van der Waals surface area contributed by atoms with Gasteiger partial charge < -0.3 is 15.2 Å². The van der Waals surface area contributed by atoms with Crippen LogP contribution in [0.5, 0.6) is 17.5 Å². The molecular formula is C12H17N5O2. The number of hydrogen-bond acceptors (Lipinski definition) is 6. The molecule has 0 amide bonds. The highest BCUT2D eigenvalue weighted by Crippen LogP contribution is 2.30. The number of anilines is 1. The van der Waals surface area contributed by atoms with Crippen molar-refractivity contribution in [2.45, 2.75) is 33.4 Å². The fourth-order valence-electron chi connectivity index (χ4n) is 1.44. The Kier molecular flexibility index (Phi) is 3.84. The van der Waals surface area contributed by atoms with Gasteiger partial charge in [-0.3, -0.25) is 4.68 Å². The van der Waals surface area contributed by atoms with Gasteiger partial charge in [-0.1, -0.05) is 0 Å².